The Kier molecular flexibility index (Phi) is 5.24. The van der Waals surface area contributed by atoms with E-state index in [9.17, 15) is 14.7 Å². The minimum absolute atomic E-state index is 0.0346. The fraction of sp³-hybridized carbons (Fsp3) is 0.263. The molecule has 0 heterocycles. The van der Waals surface area contributed by atoms with Gasteiger partial charge in [0.05, 0.1) is 0 Å². The maximum atomic E-state index is 12.3. The minimum Gasteiger partial charge on any atom is -0.507 e. The number of aromatic hydroxyl groups is 1. The number of rotatable bonds is 4. The van der Waals surface area contributed by atoms with Crippen molar-refractivity contribution in [1.29, 1.82) is 0 Å². The van der Waals surface area contributed by atoms with Gasteiger partial charge in [-0.1, -0.05) is 24.3 Å². The third kappa shape index (κ3) is 3.93. The summed E-state index contributed by atoms with van der Waals surface area (Å²) in [5.41, 5.74) is 3.43. The Morgan fingerprint density at radius 3 is 2.29 bits per heavy atom. The van der Waals surface area contributed by atoms with Crippen LogP contribution in [0.4, 0.5) is 5.69 Å². The lowest BCUT2D eigenvalue weighted by Crippen LogP contribution is -2.30. The number of carbonyl (C=O) groups excluding carboxylic acids is 2. The van der Waals surface area contributed by atoms with Crippen LogP contribution < -0.4 is 5.32 Å². The monoisotopic (exact) mass is 327 g/mol. The third-order valence-corrected chi connectivity index (χ3v) is 3.76. The van der Waals surface area contributed by atoms with E-state index >= 15 is 0 Å². The van der Waals surface area contributed by atoms with E-state index in [2.05, 4.69) is 5.32 Å². The summed E-state index contributed by atoms with van der Waals surface area (Å²) in [6, 6.07) is 10.3. The largest absolute Gasteiger partial charge is 0.507 e. The minimum atomic E-state index is -0.989. The summed E-state index contributed by atoms with van der Waals surface area (Å²) in [6.07, 6.45) is -0.989. The Labute approximate surface area is 141 Å². The van der Waals surface area contributed by atoms with Crippen molar-refractivity contribution in [3.05, 3.63) is 58.7 Å². The number of carbonyl (C=O) groups is 2. The number of benzene rings is 2. The number of nitrogens with one attached hydrogen (secondary N) is 1. The lowest BCUT2D eigenvalue weighted by molar-refractivity contribution is -0.123. The Bertz CT molecular complexity index is 763. The number of phenolic OH excluding ortho intramolecular Hbond substituents is 1. The van der Waals surface area contributed by atoms with Crippen LogP contribution in [0, 0.1) is 20.8 Å². The highest BCUT2D eigenvalue weighted by molar-refractivity contribution is 5.99. The normalized spacial score (nSPS) is 11.7. The molecule has 2 aromatic carbocycles. The lowest BCUT2D eigenvalue weighted by Gasteiger charge is -2.16. The molecule has 126 valence electrons. The zero-order valence-corrected chi connectivity index (χ0v) is 14.2. The average Bonchev–Trinajstić information content (AvgIpc) is 2.50. The standard InChI is InChI=1S/C19H21NO4/c1-11-8-9-15(16(21)10-11)19(23)24-14(4)18(22)20-17-12(2)6-5-7-13(17)3/h5-10,14,21H,1-4H3,(H,20,22)/t14-/m0/s1. The topological polar surface area (TPSA) is 75.6 Å². The van der Waals surface area contributed by atoms with Crippen LogP contribution >= 0.6 is 0 Å². The van der Waals surface area contributed by atoms with Crippen LogP contribution in [0.15, 0.2) is 36.4 Å². The quantitative estimate of drug-likeness (QED) is 0.843. The predicted molar refractivity (Wildman–Crippen MR) is 92.3 cm³/mol. The van der Waals surface area contributed by atoms with Crippen LogP contribution in [0.5, 0.6) is 5.75 Å². The van der Waals surface area contributed by atoms with Crippen molar-refractivity contribution in [3.63, 3.8) is 0 Å². The zero-order chi connectivity index (χ0) is 17.9. The number of ether oxygens (including phenoxy) is 1. The van der Waals surface area contributed by atoms with Crippen molar-refractivity contribution in [3.8, 4) is 5.75 Å². The second kappa shape index (κ2) is 7.17. The summed E-state index contributed by atoms with van der Waals surface area (Å²) in [7, 11) is 0. The summed E-state index contributed by atoms with van der Waals surface area (Å²) < 4.78 is 5.16. The molecule has 0 unspecified atom stereocenters. The first-order valence-corrected chi connectivity index (χ1v) is 7.67. The summed E-state index contributed by atoms with van der Waals surface area (Å²) in [4.78, 5) is 24.4. The van der Waals surface area contributed by atoms with E-state index in [0.29, 0.717) is 5.69 Å². The number of hydrogen-bond donors (Lipinski definition) is 2. The van der Waals surface area contributed by atoms with Crippen molar-refractivity contribution in [1.82, 2.24) is 0 Å². The van der Waals surface area contributed by atoms with Crippen LogP contribution in [-0.2, 0) is 9.53 Å². The smallest absolute Gasteiger partial charge is 0.342 e. The Morgan fingerprint density at radius 1 is 1.08 bits per heavy atom. The van der Waals surface area contributed by atoms with Gasteiger partial charge in [0.15, 0.2) is 6.10 Å². The predicted octanol–water partition coefficient (Wildman–Crippen LogP) is 3.50. The molecule has 0 aromatic heterocycles. The lowest BCUT2D eigenvalue weighted by atomic mass is 10.1. The maximum Gasteiger partial charge on any atom is 0.342 e. The number of amides is 1. The van der Waals surface area contributed by atoms with Gasteiger partial charge in [-0.05, 0) is 56.5 Å². The highest BCUT2D eigenvalue weighted by atomic mass is 16.5. The van der Waals surface area contributed by atoms with Crippen molar-refractivity contribution < 1.29 is 19.4 Å². The fourth-order valence-electron chi connectivity index (χ4n) is 2.33. The Morgan fingerprint density at radius 2 is 1.71 bits per heavy atom. The van der Waals surface area contributed by atoms with E-state index in [1.165, 1.54) is 19.1 Å². The number of hydrogen-bond acceptors (Lipinski definition) is 4. The van der Waals surface area contributed by atoms with E-state index in [4.69, 9.17) is 4.74 Å². The molecule has 0 aliphatic heterocycles. The van der Waals surface area contributed by atoms with Gasteiger partial charge in [-0.15, -0.1) is 0 Å². The first-order valence-electron chi connectivity index (χ1n) is 7.67. The molecular weight excluding hydrogens is 306 g/mol. The summed E-state index contributed by atoms with van der Waals surface area (Å²) in [6.45, 7) is 7.08. The number of anilines is 1. The molecule has 5 nitrogen and oxygen atoms in total. The first-order chi connectivity index (χ1) is 11.3. The summed E-state index contributed by atoms with van der Waals surface area (Å²) in [5.74, 6) is -1.33. The van der Waals surface area contributed by atoms with Gasteiger partial charge in [0, 0.05) is 5.69 Å². The highest BCUT2D eigenvalue weighted by Crippen LogP contribution is 2.22. The molecule has 0 aliphatic rings. The third-order valence-electron chi connectivity index (χ3n) is 3.76. The molecule has 2 aromatic rings. The number of aryl methyl sites for hydroxylation is 3. The van der Waals surface area contributed by atoms with Crippen LogP contribution in [-0.4, -0.2) is 23.1 Å². The van der Waals surface area contributed by atoms with Crippen LogP contribution in [0.1, 0.15) is 34.0 Å². The zero-order valence-electron chi connectivity index (χ0n) is 14.2. The molecule has 2 N–H and O–H groups in total. The SMILES string of the molecule is Cc1ccc(C(=O)O[C@@H](C)C(=O)Nc2c(C)cccc2C)c(O)c1. The molecular formula is C19H21NO4. The average molecular weight is 327 g/mol. The molecule has 0 saturated heterocycles. The van der Waals surface area contributed by atoms with Crippen molar-refractivity contribution in [2.75, 3.05) is 5.32 Å². The summed E-state index contributed by atoms with van der Waals surface area (Å²) in [5, 5.41) is 12.6. The number of esters is 1. The van der Waals surface area contributed by atoms with Gasteiger partial charge in [0.25, 0.3) is 5.91 Å². The molecule has 0 fully saturated rings. The molecule has 24 heavy (non-hydrogen) atoms. The summed E-state index contributed by atoms with van der Waals surface area (Å²) >= 11 is 0. The van der Waals surface area contributed by atoms with Crippen LogP contribution in [0.25, 0.3) is 0 Å². The molecule has 0 spiro atoms. The maximum absolute atomic E-state index is 12.3. The first kappa shape index (κ1) is 17.5. The molecule has 0 bridgehead atoms. The second-order valence-corrected chi connectivity index (χ2v) is 5.82. The van der Waals surface area contributed by atoms with Gasteiger partial charge in [-0.2, -0.15) is 0 Å². The molecule has 2 rings (SSSR count). The second-order valence-electron chi connectivity index (χ2n) is 5.82. The van der Waals surface area contributed by atoms with E-state index in [-0.39, 0.29) is 11.3 Å². The van der Waals surface area contributed by atoms with Gasteiger partial charge < -0.3 is 15.2 Å². The number of phenols is 1. The number of para-hydroxylation sites is 1. The van der Waals surface area contributed by atoms with E-state index in [1.54, 1.807) is 13.0 Å². The van der Waals surface area contributed by atoms with Crippen LogP contribution in [0.3, 0.4) is 0 Å². The van der Waals surface area contributed by atoms with Crippen molar-refractivity contribution >= 4 is 17.6 Å². The van der Waals surface area contributed by atoms with Gasteiger partial charge in [-0.25, -0.2) is 4.79 Å². The molecule has 0 saturated carbocycles. The van der Waals surface area contributed by atoms with Gasteiger partial charge in [0.2, 0.25) is 0 Å². The fourth-order valence-corrected chi connectivity index (χ4v) is 2.33. The van der Waals surface area contributed by atoms with E-state index < -0.39 is 18.0 Å². The van der Waals surface area contributed by atoms with Crippen molar-refractivity contribution in [2.45, 2.75) is 33.8 Å². The molecule has 5 heteroatoms. The molecule has 1 amide bonds. The van der Waals surface area contributed by atoms with Gasteiger partial charge in [-0.3, -0.25) is 4.79 Å². The molecule has 1 atom stereocenters. The van der Waals surface area contributed by atoms with E-state index in [1.807, 2.05) is 32.0 Å². The highest BCUT2D eigenvalue weighted by Gasteiger charge is 2.21. The Balaban J connectivity index is 2.07. The van der Waals surface area contributed by atoms with Crippen LogP contribution in [0.2, 0.25) is 0 Å². The van der Waals surface area contributed by atoms with E-state index in [0.717, 1.165) is 16.7 Å². The molecule has 0 radical (unpaired) electrons. The van der Waals surface area contributed by atoms with Gasteiger partial charge in [0.1, 0.15) is 11.3 Å². The molecule has 0 aliphatic carbocycles. The van der Waals surface area contributed by atoms with Crippen molar-refractivity contribution in [2.24, 2.45) is 0 Å². The Hall–Kier alpha value is -2.82. The van der Waals surface area contributed by atoms with Gasteiger partial charge >= 0.3 is 5.97 Å².